The van der Waals surface area contributed by atoms with Gasteiger partial charge in [0, 0.05) is 13.1 Å². The van der Waals surface area contributed by atoms with Gasteiger partial charge in [-0.15, -0.1) is 0 Å². The number of aliphatic hydroxyl groups excluding tert-OH is 1. The van der Waals surface area contributed by atoms with E-state index in [0.717, 1.165) is 0 Å². The molecule has 462 valence electrons. The van der Waals surface area contributed by atoms with E-state index in [1.165, 1.54) is 23.6 Å². The summed E-state index contributed by atoms with van der Waals surface area (Å²) in [5, 5.41) is 38.6. The summed E-state index contributed by atoms with van der Waals surface area (Å²) in [7, 11) is -5.26. The zero-order chi connectivity index (χ0) is 60.8. The van der Waals surface area contributed by atoms with Gasteiger partial charge in [-0.2, -0.15) is 0 Å². The molecule has 0 spiro atoms. The molecule has 2 fully saturated rings. The van der Waals surface area contributed by atoms with Crippen molar-refractivity contribution in [1.29, 1.82) is 0 Å². The topological polar surface area (TPSA) is 528 Å². The van der Waals surface area contributed by atoms with Crippen molar-refractivity contribution in [1.82, 2.24) is 52.3 Å². The molecule has 81 heavy (non-hydrogen) atoms. The minimum atomic E-state index is -5.26. The fraction of sp³-hybridized carbons (Fsp3) is 0.771. The zero-order valence-corrected chi connectivity index (χ0v) is 47.2. The number of amides is 10. The van der Waals surface area contributed by atoms with E-state index in [9.17, 15) is 77.3 Å². The third-order valence-corrected chi connectivity index (χ3v) is 13.9. The van der Waals surface area contributed by atoms with Crippen LogP contribution in [0.5, 0.6) is 0 Å². The molecular formula is C48H88N15O17P. The molecule has 2 saturated heterocycles. The Morgan fingerprint density at radius 2 is 0.938 bits per heavy atom. The van der Waals surface area contributed by atoms with Crippen molar-refractivity contribution in [3.05, 3.63) is 0 Å². The van der Waals surface area contributed by atoms with Crippen LogP contribution in [-0.2, 0) is 61.8 Å². The minimum Gasteiger partial charge on any atom is -0.480 e. The Bertz CT molecular complexity index is 2160. The van der Waals surface area contributed by atoms with E-state index in [1.807, 2.05) is 0 Å². The first kappa shape index (κ1) is 71.1. The van der Waals surface area contributed by atoms with E-state index in [0.29, 0.717) is 57.8 Å². The summed E-state index contributed by atoms with van der Waals surface area (Å²) in [5.41, 5.74) is 28.1. The summed E-state index contributed by atoms with van der Waals surface area (Å²) >= 11 is 0. The Morgan fingerprint density at radius 3 is 1.37 bits per heavy atom. The van der Waals surface area contributed by atoms with Crippen LogP contribution in [0.3, 0.4) is 0 Å². The highest BCUT2D eigenvalue weighted by atomic mass is 31.2. The van der Waals surface area contributed by atoms with Crippen LogP contribution in [0.25, 0.3) is 0 Å². The summed E-state index contributed by atoms with van der Waals surface area (Å²) < 4.78 is 16.2. The lowest BCUT2D eigenvalue weighted by atomic mass is 10.0. The molecule has 0 aromatic rings. The highest BCUT2D eigenvalue weighted by molar-refractivity contribution is 7.46. The molecule has 2 rings (SSSR count). The number of likely N-dealkylation sites (tertiary alicyclic amines) is 2. The molecule has 0 unspecified atom stereocenters. The Kier molecular flexibility index (Phi) is 32.7. The third kappa shape index (κ3) is 25.4. The Labute approximate surface area is 470 Å². The number of hydrogen-bond donors (Lipinski definition) is 17. The molecule has 10 amide bonds. The van der Waals surface area contributed by atoms with Gasteiger partial charge in [0.05, 0.1) is 19.8 Å². The lowest BCUT2D eigenvalue weighted by Crippen LogP contribution is -2.59. The van der Waals surface area contributed by atoms with Crippen molar-refractivity contribution in [2.45, 2.75) is 177 Å². The summed E-state index contributed by atoms with van der Waals surface area (Å²) in [6, 6.07) is -12.8. The maximum atomic E-state index is 14.1. The van der Waals surface area contributed by atoms with Gasteiger partial charge in [-0.1, -0.05) is 0 Å². The number of aliphatic hydroxyl groups is 1. The van der Waals surface area contributed by atoms with Gasteiger partial charge in [0.1, 0.15) is 60.4 Å². The van der Waals surface area contributed by atoms with Crippen LogP contribution in [0.1, 0.15) is 117 Å². The number of phosphoric acid groups is 1. The second kappa shape index (κ2) is 37.2. The standard InChI is InChI=1S/C48H88N15O17P/c1-28(55-39(66)30(53)26-64)46(73)62-23-11-17-36(62)44(71)56-29(2)47(74)63-24-12-18-37(63)45(72)60-33(15-5-9-21-51)41(68)58-31(13-3-7-19-49)40(67)54-25-38(65)57-35(27-80-81(77,78)79)43(70)59-32(14-4-8-20-50)42(69)61-34(48(75)76)16-6-10-22-52/h28-37,64H,3-27,49-53H2,1-2H3,(H,54,67)(H,55,66)(H,56,71)(H,57,65)(H,58,68)(H,59,70)(H,60,72)(H,61,69)(H,75,76)(H2,77,78,79)/t28-,29-,30-,31-,32-,33-,34-,35-,36-,37-/m0/s1. The number of aliphatic carboxylic acids is 1. The molecule has 0 saturated carbocycles. The summed E-state index contributed by atoms with van der Waals surface area (Å²) in [4.78, 5) is 168. The van der Waals surface area contributed by atoms with Gasteiger partial charge < -0.3 is 101 Å². The summed E-state index contributed by atoms with van der Waals surface area (Å²) in [6.45, 7) is 1.46. The van der Waals surface area contributed by atoms with Gasteiger partial charge in [-0.25, -0.2) is 9.36 Å². The quantitative estimate of drug-likeness (QED) is 0.0201. The molecular weight excluding hydrogens is 1090 g/mol. The van der Waals surface area contributed by atoms with Crippen molar-refractivity contribution in [3.8, 4) is 0 Å². The molecule has 2 heterocycles. The van der Waals surface area contributed by atoms with Crippen molar-refractivity contribution in [2.75, 3.05) is 59.0 Å². The number of rotatable bonds is 39. The van der Waals surface area contributed by atoms with Gasteiger partial charge in [-0.05, 0) is 143 Å². The SMILES string of the molecule is C[C@H](NC(=O)[C@@H](N)CO)C(=O)N1CCC[C@H]1C(=O)N[C@@H](C)C(=O)N1CCC[C@H]1C(=O)N[C@@H](CCCCN)C(=O)N[C@@H](CCCCN)C(=O)NCC(=O)N[C@@H](COP(=O)(O)O)C(=O)N[C@@H](CCCCN)C(=O)N[C@@H](CCCCN)C(=O)O. The molecule has 0 aromatic heterocycles. The van der Waals surface area contributed by atoms with Crippen LogP contribution in [0.4, 0.5) is 0 Å². The predicted octanol–water partition coefficient (Wildman–Crippen LogP) is -6.45. The number of unbranched alkanes of at least 4 members (excludes halogenated alkanes) is 4. The van der Waals surface area contributed by atoms with Crippen molar-refractivity contribution in [3.63, 3.8) is 0 Å². The average molecular weight is 1180 g/mol. The molecule has 0 aliphatic carbocycles. The molecule has 10 atom stereocenters. The largest absolute Gasteiger partial charge is 0.480 e. The minimum absolute atomic E-state index is 0.0133. The number of carboxylic acid groups (broad SMARTS) is 1. The number of carbonyl (C=O) groups excluding carboxylic acids is 10. The van der Waals surface area contributed by atoms with Crippen molar-refractivity contribution in [2.24, 2.45) is 28.7 Å². The fourth-order valence-electron chi connectivity index (χ4n) is 8.95. The van der Waals surface area contributed by atoms with E-state index in [1.54, 1.807) is 0 Å². The number of phosphoric ester groups is 1. The molecule has 33 heteroatoms. The van der Waals surface area contributed by atoms with Gasteiger partial charge in [0.15, 0.2) is 0 Å². The second-order valence-corrected chi connectivity index (χ2v) is 21.2. The van der Waals surface area contributed by atoms with E-state index in [4.69, 9.17) is 28.7 Å². The maximum Gasteiger partial charge on any atom is 0.469 e. The Balaban J connectivity index is 2.23. The molecule has 32 nitrogen and oxygen atoms in total. The first-order chi connectivity index (χ1) is 38.3. The van der Waals surface area contributed by atoms with Crippen LogP contribution >= 0.6 is 7.82 Å². The normalized spacial score (nSPS) is 18.1. The van der Waals surface area contributed by atoms with Crippen LogP contribution in [0.2, 0.25) is 0 Å². The Hall–Kier alpha value is -5.96. The molecule has 0 radical (unpaired) electrons. The maximum absolute atomic E-state index is 14.1. The van der Waals surface area contributed by atoms with E-state index in [2.05, 4.69) is 47.1 Å². The van der Waals surface area contributed by atoms with Crippen LogP contribution in [0.15, 0.2) is 0 Å². The smallest absolute Gasteiger partial charge is 0.469 e. The summed E-state index contributed by atoms with van der Waals surface area (Å²) in [6.07, 6.45) is 4.29. The Morgan fingerprint density at radius 1 is 0.543 bits per heavy atom. The lowest BCUT2D eigenvalue weighted by Gasteiger charge is -2.31. The first-order valence-corrected chi connectivity index (χ1v) is 29.0. The van der Waals surface area contributed by atoms with E-state index >= 15 is 0 Å². The van der Waals surface area contributed by atoms with Crippen molar-refractivity contribution >= 4 is 72.9 Å². The third-order valence-electron chi connectivity index (χ3n) is 13.5. The number of carbonyl (C=O) groups is 11. The van der Waals surface area contributed by atoms with E-state index in [-0.39, 0.29) is 84.2 Å². The van der Waals surface area contributed by atoms with E-state index < -0.39 is 153 Å². The highest BCUT2D eigenvalue weighted by Gasteiger charge is 2.41. The first-order valence-electron chi connectivity index (χ1n) is 27.4. The molecule has 0 bridgehead atoms. The number of nitrogens with one attached hydrogen (secondary N) is 8. The number of nitrogens with two attached hydrogens (primary N) is 5. The predicted molar refractivity (Wildman–Crippen MR) is 290 cm³/mol. The number of carboxylic acids is 1. The van der Waals surface area contributed by atoms with Gasteiger partial charge >= 0.3 is 13.8 Å². The molecule has 2 aliphatic rings. The van der Waals surface area contributed by atoms with Gasteiger partial charge in [-0.3, -0.25) is 52.5 Å². The molecule has 22 N–H and O–H groups in total. The molecule has 0 aromatic carbocycles. The lowest BCUT2D eigenvalue weighted by molar-refractivity contribution is -0.144. The summed E-state index contributed by atoms with van der Waals surface area (Å²) in [5.74, 6) is -9.52. The number of nitrogens with zero attached hydrogens (tertiary/aromatic N) is 2. The van der Waals surface area contributed by atoms with Crippen LogP contribution < -0.4 is 71.2 Å². The fourth-order valence-corrected chi connectivity index (χ4v) is 9.29. The molecule has 2 aliphatic heterocycles. The number of hydrogen-bond acceptors (Lipinski definition) is 19. The second-order valence-electron chi connectivity index (χ2n) is 20.0. The van der Waals surface area contributed by atoms with Gasteiger partial charge in [0.2, 0.25) is 59.1 Å². The van der Waals surface area contributed by atoms with Crippen molar-refractivity contribution < 1.29 is 81.8 Å². The average Bonchev–Trinajstić information content (AvgIpc) is 4.22. The highest BCUT2D eigenvalue weighted by Crippen LogP contribution is 2.35. The van der Waals surface area contributed by atoms with Crippen LogP contribution in [0, 0.1) is 0 Å². The van der Waals surface area contributed by atoms with Gasteiger partial charge in [0.25, 0.3) is 0 Å². The monoisotopic (exact) mass is 1180 g/mol. The van der Waals surface area contributed by atoms with Crippen LogP contribution in [-0.4, -0.2) is 214 Å². The zero-order valence-electron chi connectivity index (χ0n) is 46.3.